The van der Waals surface area contributed by atoms with E-state index in [1.165, 1.54) is 12.2 Å². The van der Waals surface area contributed by atoms with E-state index >= 15 is 0 Å². The first-order chi connectivity index (χ1) is 20.1. The molecular weight excluding hydrogens is 546 g/mol. The van der Waals surface area contributed by atoms with Crippen LogP contribution in [0.4, 0.5) is 0 Å². The van der Waals surface area contributed by atoms with Crippen molar-refractivity contribution in [3.05, 3.63) is 12.2 Å². The lowest BCUT2D eigenvalue weighted by Crippen LogP contribution is -2.33. The molecule has 2 amide bonds. The summed E-state index contributed by atoms with van der Waals surface area (Å²) in [5.74, 6) is -0.875. The molecule has 0 atom stereocenters. The molecule has 0 saturated heterocycles. The fraction of sp³-hybridized carbons (Fsp3) is 0.815. The minimum atomic E-state index is -0.309. The molecule has 238 valence electrons. The molecule has 0 aromatic heterocycles. The van der Waals surface area contributed by atoms with Gasteiger partial charge in [-0.15, -0.1) is 0 Å². The highest BCUT2D eigenvalue weighted by Gasteiger charge is 2.22. The molecular formula is C27H47NO13. The molecule has 0 fully saturated rings. The van der Waals surface area contributed by atoms with Crippen molar-refractivity contribution in [3.8, 4) is 0 Å². The quantitative estimate of drug-likeness (QED) is 0.0605. The van der Waals surface area contributed by atoms with Crippen molar-refractivity contribution in [1.29, 1.82) is 0 Å². The van der Waals surface area contributed by atoms with Crippen LogP contribution in [0.15, 0.2) is 12.2 Å². The van der Waals surface area contributed by atoms with Gasteiger partial charge in [0.1, 0.15) is 0 Å². The van der Waals surface area contributed by atoms with Gasteiger partial charge in [0.2, 0.25) is 0 Å². The monoisotopic (exact) mass is 593 g/mol. The average Bonchev–Trinajstić information content (AvgIpc) is 3.28. The Morgan fingerprint density at radius 1 is 0.512 bits per heavy atom. The molecule has 1 aliphatic rings. The number of esters is 1. The van der Waals surface area contributed by atoms with Gasteiger partial charge in [0.15, 0.2) is 0 Å². The van der Waals surface area contributed by atoms with E-state index in [4.69, 9.17) is 47.4 Å². The van der Waals surface area contributed by atoms with Gasteiger partial charge in [0.05, 0.1) is 138 Å². The summed E-state index contributed by atoms with van der Waals surface area (Å²) in [6.07, 6.45) is 2.75. The number of nitrogens with zero attached hydrogens (tertiary/aromatic N) is 1. The van der Waals surface area contributed by atoms with Gasteiger partial charge >= 0.3 is 5.97 Å². The molecule has 0 bridgehead atoms. The van der Waals surface area contributed by atoms with Crippen LogP contribution in [-0.4, -0.2) is 155 Å². The SMILES string of the molecule is CCOC(=O)CCOCCOCCOCCOCCOCCOCCOCCOCCOCCN1C(=O)C=CC1=O. The van der Waals surface area contributed by atoms with Gasteiger partial charge < -0.3 is 47.4 Å². The molecule has 0 aromatic rings. The molecule has 0 saturated carbocycles. The molecule has 1 heterocycles. The fourth-order valence-electron chi connectivity index (χ4n) is 3.06. The van der Waals surface area contributed by atoms with E-state index in [0.29, 0.717) is 119 Å². The maximum Gasteiger partial charge on any atom is 0.308 e. The number of carbonyl (C=O) groups excluding carboxylic acids is 3. The number of hydrogen-bond donors (Lipinski definition) is 0. The molecule has 14 heteroatoms. The smallest absolute Gasteiger partial charge is 0.308 e. The molecule has 0 aliphatic carbocycles. The maximum absolute atomic E-state index is 11.4. The Balaban J connectivity index is 1.65. The molecule has 0 N–H and O–H groups in total. The molecule has 41 heavy (non-hydrogen) atoms. The zero-order valence-electron chi connectivity index (χ0n) is 24.3. The summed E-state index contributed by atoms with van der Waals surface area (Å²) in [6, 6.07) is 0. The Morgan fingerprint density at radius 3 is 1.12 bits per heavy atom. The van der Waals surface area contributed by atoms with Gasteiger partial charge in [0.25, 0.3) is 11.8 Å². The number of imide groups is 1. The highest BCUT2D eigenvalue weighted by Crippen LogP contribution is 2.02. The molecule has 1 rings (SSSR count). The van der Waals surface area contributed by atoms with E-state index in [9.17, 15) is 14.4 Å². The summed E-state index contributed by atoms with van der Waals surface area (Å²) in [7, 11) is 0. The van der Waals surface area contributed by atoms with Crippen molar-refractivity contribution >= 4 is 17.8 Å². The molecule has 0 aromatic carbocycles. The van der Waals surface area contributed by atoms with Gasteiger partial charge in [0, 0.05) is 12.2 Å². The zero-order valence-corrected chi connectivity index (χ0v) is 24.3. The van der Waals surface area contributed by atoms with E-state index in [0.717, 1.165) is 4.90 Å². The Kier molecular flexibility index (Phi) is 25.4. The first kappa shape index (κ1) is 37.0. The minimum Gasteiger partial charge on any atom is -0.466 e. The summed E-state index contributed by atoms with van der Waals surface area (Å²) >= 11 is 0. The molecule has 0 unspecified atom stereocenters. The third kappa shape index (κ3) is 23.3. The summed E-state index contributed by atoms with van der Waals surface area (Å²) in [5, 5.41) is 0. The summed E-state index contributed by atoms with van der Waals surface area (Å²) < 4.78 is 53.3. The van der Waals surface area contributed by atoms with E-state index in [-0.39, 0.29) is 37.4 Å². The Labute approximate surface area is 242 Å². The minimum absolute atomic E-state index is 0.237. The van der Waals surface area contributed by atoms with E-state index in [2.05, 4.69) is 0 Å². The third-order valence-corrected chi connectivity index (χ3v) is 5.09. The van der Waals surface area contributed by atoms with Crippen LogP contribution in [0.3, 0.4) is 0 Å². The first-order valence-electron chi connectivity index (χ1n) is 14.0. The van der Waals surface area contributed by atoms with Gasteiger partial charge in [-0.3, -0.25) is 19.3 Å². The second-order valence-corrected chi connectivity index (χ2v) is 8.23. The standard InChI is InChI=1S/C27H47NO13/c1-2-41-27(31)5-7-32-9-11-34-13-15-36-17-19-38-21-23-40-24-22-39-20-18-37-16-14-35-12-10-33-8-6-28-25(29)3-4-26(28)30/h3-4H,2,5-24H2,1H3. The third-order valence-electron chi connectivity index (χ3n) is 5.09. The molecule has 0 radical (unpaired) electrons. The predicted octanol–water partition coefficient (Wildman–Crippen LogP) is 0.0140. The van der Waals surface area contributed by atoms with Gasteiger partial charge in [-0.1, -0.05) is 0 Å². The molecule has 0 spiro atoms. The van der Waals surface area contributed by atoms with Crippen molar-refractivity contribution < 1.29 is 61.8 Å². The Hall–Kier alpha value is -2.01. The summed E-state index contributed by atoms with van der Waals surface area (Å²) in [4.78, 5) is 35.0. The highest BCUT2D eigenvalue weighted by atomic mass is 16.6. The first-order valence-corrected chi connectivity index (χ1v) is 14.0. The van der Waals surface area contributed by atoms with Crippen LogP contribution < -0.4 is 0 Å². The van der Waals surface area contributed by atoms with Gasteiger partial charge in [-0.25, -0.2) is 0 Å². The second-order valence-electron chi connectivity index (χ2n) is 8.23. The van der Waals surface area contributed by atoms with Crippen LogP contribution in [0.25, 0.3) is 0 Å². The molecule has 1 aliphatic heterocycles. The number of amides is 2. The van der Waals surface area contributed by atoms with Crippen molar-refractivity contribution in [3.63, 3.8) is 0 Å². The predicted molar refractivity (Wildman–Crippen MR) is 144 cm³/mol. The normalized spacial score (nSPS) is 13.0. The topological polar surface area (TPSA) is 147 Å². The number of rotatable bonds is 31. The van der Waals surface area contributed by atoms with Crippen LogP contribution in [-0.2, 0) is 61.8 Å². The van der Waals surface area contributed by atoms with Crippen LogP contribution >= 0.6 is 0 Å². The van der Waals surface area contributed by atoms with Gasteiger partial charge in [-0.05, 0) is 6.92 Å². The number of carbonyl (C=O) groups is 3. The Bertz CT molecular complexity index is 674. The average molecular weight is 594 g/mol. The largest absolute Gasteiger partial charge is 0.466 e. The Morgan fingerprint density at radius 2 is 0.805 bits per heavy atom. The van der Waals surface area contributed by atoms with Crippen LogP contribution in [0.2, 0.25) is 0 Å². The van der Waals surface area contributed by atoms with Crippen molar-refractivity contribution in [2.45, 2.75) is 13.3 Å². The fourth-order valence-corrected chi connectivity index (χ4v) is 3.06. The molecule has 14 nitrogen and oxygen atoms in total. The number of ether oxygens (including phenoxy) is 10. The highest BCUT2D eigenvalue weighted by molar-refractivity contribution is 6.12. The van der Waals surface area contributed by atoms with Crippen molar-refractivity contribution in [1.82, 2.24) is 4.90 Å². The van der Waals surface area contributed by atoms with Crippen molar-refractivity contribution in [2.75, 3.05) is 132 Å². The number of hydrogen-bond acceptors (Lipinski definition) is 13. The maximum atomic E-state index is 11.4. The lowest BCUT2D eigenvalue weighted by atomic mass is 10.5. The van der Waals surface area contributed by atoms with Gasteiger partial charge in [-0.2, -0.15) is 0 Å². The van der Waals surface area contributed by atoms with Crippen molar-refractivity contribution in [2.24, 2.45) is 0 Å². The summed E-state index contributed by atoms with van der Waals surface area (Å²) in [6.45, 7) is 10.3. The van der Waals surface area contributed by atoms with Crippen LogP contribution in [0.1, 0.15) is 13.3 Å². The lowest BCUT2D eigenvalue weighted by Gasteiger charge is -2.13. The van der Waals surface area contributed by atoms with Crippen LogP contribution in [0.5, 0.6) is 0 Å². The second kappa shape index (κ2) is 28.1. The summed E-state index contributed by atoms with van der Waals surface area (Å²) in [5.41, 5.74) is 0. The lowest BCUT2D eigenvalue weighted by molar-refractivity contribution is -0.144. The zero-order chi connectivity index (χ0) is 29.6. The van der Waals surface area contributed by atoms with E-state index in [1.807, 2.05) is 0 Å². The van der Waals surface area contributed by atoms with E-state index in [1.54, 1.807) is 6.92 Å². The van der Waals surface area contributed by atoms with E-state index < -0.39 is 0 Å². The van der Waals surface area contributed by atoms with Crippen LogP contribution in [0, 0.1) is 0 Å².